The molecule has 29 heavy (non-hydrogen) atoms. The molecule has 0 spiro atoms. The summed E-state index contributed by atoms with van der Waals surface area (Å²) in [6.07, 6.45) is 7.81. The summed E-state index contributed by atoms with van der Waals surface area (Å²) in [6.45, 7) is 6.76. The summed E-state index contributed by atoms with van der Waals surface area (Å²) in [4.78, 5) is 11.0. The lowest BCUT2D eigenvalue weighted by atomic mass is 9.43. The third-order valence-corrected chi connectivity index (χ3v) is 9.98. The van der Waals surface area contributed by atoms with Gasteiger partial charge in [0, 0.05) is 6.08 Å². The van der Waals surface area contributed by atoms with Crippen molar-refractivity contribution in [3.63, 3.8) is 0 Å². The minimum atomic E-state index is -0.899. The van der Waals surface area contributed by atoms with E-state index in [-0.39, 0.29) is 34.7 Å². The zero-order valence-corrected chi connectivity index (χ0v) is 18.0. The van der Waals surface area contributed by atoms with Gasteiger partial charge in [-0.1, -0.05) is 26.8 Å². The molecule has 4 saturated carbocycles. The van der Waals surface area contributed by atoms with E-state index in [4.69, 9.17) is 5.11 Å². The molecule has 4 N–H and O–H groups in total. The molecule has 0 aromatic rings. The van der Waals surface area contributed by atoms with Crippen LogP contribution in [0.2, 0.25) is 0 Å². The third-order valence-electron chi connectivity index (χ3n) is 9.98. The van der Waals surface area contributed by atoms with Crippen LogP contribution in [0.3, 0.4) is 0 Å². The minimum absolute atomic E-state index is 0.0171. The number of hydrogen-bond donors (Lipinski definition) is 4. The Bertz CT molecular complexity index is 676. The highest BCUT2D eigenvalue weighted by Gasteiger charge is 2.65. The van der Waals surface area contributed by atoms with Gasteiger partial charge in [0.1, 0.15) is 0 Å². The van der Waals surface area contributed by atoms with Gasteiger partial charge in [0.15, 0.2) is 0 Å². The Morgan fingerprint density at radius 1 is 0.931 bits per heavy atom. The Hall–Kier alpha value is -0.910. The van der Waals surface area contributed by atoms with Crippen molar-refractivity contribution in [3.8, 4) is 0 Å². The smallest absolute Gasteiger partial charge is 0.327 e. The highest BCUT2D eigenvalue weighted by Crippen LogP contribution is 2.68. The molecule has 0 radical (unpaired) electrons. The molecule has 0 unspecified atom stereocenters. The number of rotatable bonds is 3. The Labute approximate surface area is 174 Å². The molecule has 5 nitrogen and oxygen atoms in total. The molecule has 5 heteroatoms. The normalized spacial score (nSPS) is 53.2. The van der Waals surface area contributed by atoms with E-state index in [2.05, 4.69) is 20.8 Å². The van der Waals surface area contributed by atoms with Crippen molar-refractivity contribution in [3.05, 3.63) is 12.2 Å². The van der Waals surface area contributed by atoms with Crippen molar-refractivity contribution in [2.75, 3.05) is 0 Å². The molecular formula is C24H38O5. The standard InChI is InChI=1S/C24H38O5/c1-13(4-7-19(26)27)15-5-6-16-20-17(9-11-23(15,16)2)24(3)10-8-14(25)12-18(24)21(28)22(20)29/h4,7,13-18,20-22,25,28-29H,5-6,8-12H2,1-3H3,(H,26,27)/b7-4+/t13-,14-,15-,16+,17+,18+,20+,21+,22-,23-,24-/m1/s1. The monoisotopic (exact) mass is 406 g/mol. The second kappa shape index (κ2) is 7.35. The number of carboxylic acid groups (broad SMARTS) is 1. The summed E-state index contributed by atoms with van der Waals surface area (Å²) in [5.41, 5.74) is 0.0539. The maximum atomic E-state index is 11.3. The predicted molar refractivity (Wildman–Crippen MR) is 110 cm³/mol. The van der Waals surface area contributed by atoms with Gasteiger partial charge in [-0.3, -0.25) is 0 Å². The molecule has 0 bridgehead atoms. The van der Waals surface area contributed by atoms with Crippen molar-refractivity contribution in [1.29, 1.82) is 0 Å². The van der Waals surface area contributed by atoms with Crippen molar-refractivity contribution < 1.29 is 25.2 Å². The van der Waals surface area contributed by atoms with Gasteiger partial charge in [-0.15, -0.1) is 0 Å². The second-order valence-corrected chi connectivity index (χ2v) is 11.1. The summed E-state index contributed by atoms with van der Waals surface area (Å²) in [7, 11) is 0. The number of aliphatic hydroxyl groups is 3. The van der Waals surface area contributed by atoms with Crippen molar-refractivity contribution >= 4 is 5.97 Å². The summed E-state index contributed by atoms with van der Waals surface area (Å²) in [5, 5.41) is 41.5. The van der Waals surface area contributed by atoms with Crippen molar-refractivity contribution in [2.24, 2.45) is 46.3 Å². The van der Waals surface area contributed by atoms with Gasteiger partial charge in [-0.25, -0.2) is 4.79 Å². The zero-order chi connectivity index (χ0) is 21.1. The first-order valence-electron chi connectivity index (χ1n) is 11.5. The quantitative estimate of drug-likeness (QED) is 0.540. The lowest BCUT2D eigenvalue weighted by molar-refractivity contribution is -0.223. The Morgan fingerprint density at radius 3 is 2.28 bits per heavy atom. The summed E-state index contributed by atoms with van der Waals surface area (Å²) in [5.74, 6) is 0.525. The van der Waals surface area contributed by atoms with Gasteiger partial charge in [-0.05, 0) is 91.3 Å². The Morgan fingerprint density at radius 2 is 1.59 bits per heavy atom. The van der Waals surface area contributed by atoms with E-state index in [1.807, 2.05) is 6.08 Å². The molecule has 0 aromatic heterocycles. The van der Waals surface area contributed by atoms with Crippen LogP contribution in [0.4, 0.5) is 0 Å². The van der Waals surface area contributed by atoms with Gasteiger partial charge in [0.05, 0.1) is 18.3 Å². The van der Waals surface area contributed by atoms with Gasteiger partial charge in [0.25, 0.3) is 0 Å². The number of fused-ring (bicyclic) bond motifs is 5. The topological polar surface area (TPSA) is 98.0 Å². The molecular weight excluding hydrogens is 368 g/mol. The number of allylic oxidation sites excluding steroid dienone is 1. The molecule has 0 aromatic carbocycles. The first-order valence-corrected chi connectivity index (χ1v) is 11.5. The molecule has 0 heterocycles. The SMILES string of the molecule is C[C@H](/C=C/C(=O)O)[C@H]1CC[C@H]2[C@@H]3[C@@H](O)[C@@H](O)[C@@H]4C[C@H](O)CC[C@]4(C)[C@H]3CC[C@]12C. The molecule has 0 saturated heterocycles. The number of carboxylic acids is 1. The van der Waals surface area contributed by atoms with Crippen LogP contribution in [0.5, 0.6) is 0 Å². The van der Waals surface area contributed by atoms with Crippen LogP contribution in [-0.2, 0) is 4.79 Å². The predicted octanol–water partition coefficient (Wildman–Crippen LogP) is 3.22. The van der Waals surface area contributed by atoms with Gasteiger partial charge in [-0.2, -0.15) is 0 Å². The molecule has 4 aliphatic carbocycles. The fraction of sp³-hybridized carbons (Fsp3) is 0.875. The van der Waals surface area contributed by atoms with Crippen LogP contribution in [0.15, 0.2) is 12.2 Å². The van der Waals surface area contributed by atoms with Crippen LogP contribution < -0.4 is 0 Å². The molecule has 164 valence electrons. The van der Waals surface area contributed by atoms with E-state index >= 15 is 0 Å². The highest BCUT2D eigenvalue weighted by atomic mass is 16.4. The Kier molecular flexibility index (Phi) is 5.40. The largest absolute Gasteiger partial charge is 0.478 e. The fourth-order valence-corrected chi connectivity index (χ4v) is 8.51. The van der Waals surface area contributed by atoms with E-state index in [0.29, 0.717) is 24.2 Å². The molecule has 4 aliphatic rings. The van der Waals surface area contributed by atoms with E-state index in [9.17, 15) is 20.1 Å². The first kappa shape index (κ1) is 21.3. The van der Waals surface area contributed by atoms with Crippen LogP contribution >= 0.6 is 0 Å². The van der Waals surface area contributed by atoms with Crippen LogP contribution in [0.25, 0.3) is 0 Å². The Balaban J connectivity index is 1.63. The van der Waals surface area contributed by atoms with E-state index in [0.717, 1.165) is 38.5 Å². The average molecular weight is 407 g/mol. The van der Waals surface area contributed by atoms with Gasteiger partial charge < -0.3 is 20.4 Å². The summed E-state index contributed by atoms with van der Waals surface area (Å²) >= 11 is 0. The van der Waals surface area contributed by atoms with Gasteiger partial charge >= 0.3 is 5.97 Å². The summed E-state index contributed by atoms with van der Waals surface area (Å²) in [6, 6.07) is 0. The number of hydrogen-bond acceptors (Lipinski definition) is 4. The maximum Gasteiger partial charge on any atom is 0.327 e. The molecule has 0 aliphatic heterocycles. The lowest BCUT2D eigenvalue weighted by Crippen LogP contribution is -2.64. The fourth-order valence-electron chi connectivity index (χ4n) is 8.51. The second-order valence-electron chi connectivity index (χ2n) is 11.1. The zero-order valence-electron chi connectivity index (χ0n) is 18.0. The molecule has 4 rings (SSSR count). The lowest BCUT2D eigenvalue weighted by Gasteiger charge is -2.63. The molecule has 0 amide bonds. The number of aliphatic hydroxyl groups excluding tert-OH is 3. The van der Waals surface area contributed by atoms with E-state index < -0.39 is 18.2 Å². The minimum Gasteiger partial charge on any atom is -0.478 e. The number of aliphatic carboxylic acids is 1. The van der Waals surface area contributed by atoms with Gasteiger partial charge in [0.2, 0.25) is 0 Å². The average Bonchev–Trinajstić information content (AvgIpc) is 3.02. The van der Waals surface area contributed by atoms with Crippen molar-refractivity contribution in [2.45, 2.75) is 84.0 Å². The molecule has 4 fully saturated rings. The van der Waals surface area contributed by atoms with Crippen LogP contribution in [-0.4, -0.2) is 44.7 Å². The van der Waals surface area contributed by atoms with Crippen LogP contribution in [0.1, 0.15) is 65.7 Å². The third kappa shape index (κ3) is 3.19. The maximum absolute atomic E-state index is 11.3. The van der Waals surface area contributed by atoms with E-state index in [1.54, 1.807) is 0 Å². The number of carbonyl (C=O) groups is 1. The van der Waals surface area contributed by atoms with Crippen LogP contribution in [0, 0.1) is 46.3 Å². The molecule has 11 atom stereocenters. The summed E-state index contributed by atoms with van der Waals surface area (Å²) < 4.78 is 0. The highest BCUT2D eigenvalue weighted by molar-refractivity contribution is 5.79. The first-order chi connectivity index (χ1) is 13.6. The van der Waals surface area contributed by atoms with Crippen molar-refractivity contribution in [1.82, 2.24) is 0 Å². The van der Waals surface area contributed by atoms with E-state index in [1.165, 1.54) is 6.08 Å².